The van der Waals surface area contributed by atoms with E-state index in [9.17, 15) is 49.5 Å². The van der Waals surface area contributed by atoms with Gasteiger partial charge in [-0.05, 0) is 319 Å². The first-order chi connectivity index (χ1) is 55.7. The average molecular weight is 1740 g/mol. The highest BCUT2D eigenvalue weighted by atomic mass is 32.1. The van der Waals surface area contributed by atoms with Crippen molar-refractivity contribution in [2.75, 3.05) is 6.61 Å². The van der Waals surface area contributed by atoms with Gasteiger partial charge in [-0.3, -0.25) is 0 Å². The largest absolute Gasteiger partial charge is 0.479 e. The lowest BCUT2D eigenvalue weighted by atomic mass is 9.69. The fraction of sp³-hybridized carbons (Fsp3) is 0.551. The van der Waals surface area contributed by atoms with Crippen LogP contribution in [-0.2, 0) is 54.1 Å². The van der Waals surface area contributed by atoms with E-state index in [1.165, 1.54) is 74.6 Å². The lowest BCUT2D eigenvalue weighted by Crippen LogP contribution is -2.29. The number of aliphatic carboxylic acids is 5. The van der Waals surface area contributed by atoms with Gasteiger partial charge in [-0.25, -0.2) is 29.0 Å². The lowest BCUT2D eigenvalue weighted by molar-refractivity contribution is -0.161. The summed E-state index contributed by atoms with van der Waals surface area (Å²) in [6.45, 7) is 53.7. The number of aromatic nitrogens is 1. The minimum Gasteiger partial charge on any atom is -0.479 e. The van der Waals surface area contributed by atoms with Crippen LogP contribution in [0.25, 0.3) is 39.0 Å². The van der Waals surface area contributed by atoms with E-state index in [1.54, 1.807) is 62.9 Å². The molecule has 7 aliphatic carbocycles. The first kappa shape index (κ1) is 96.6. The monoisotopic (exact) mass is 1740 g/mol. The minimum absolute atomic E-state index is 0.408. The van der Waals surface area contributed by atoms with Crippen molar-refractivity contribution < 1.29 is 77.9 Å². The van der Waals surface area contributed by atoms with Crippen molar-refractivity contribution in [3.05, 3.63) is 171 Å². The zero-order valence-electron chi connectivity index (χ0n) is 75.8. The highest BCUT2D eigenvalue weighted by Gasteiger charge is 2.42. The Hall–Kier alpha value is -7.22. The molecule has 1 saturated carbocycles. The number of carbonyl (C=O) groups is 5. The molecule has 654 valence electrons. The van der Waals surface area contributed by atoms with Crippen LogP contribution in [0.3, 0.4) is 0 Å². The maximum Gasteiger partial charge on any atom is 0.337 e. The zero-order chi connectivity index (χ0) is 89.1. The van der Waals surface area contributed by atoms with Gasteiger partial charge in [0.2, 0.25) is 5.88 Å². The third kappa shape index (κ3) is 24.4. The molecular formula is C98H131NO16S5. The molecule has 6 aromatic heterocycles. The van der Waals surface area contributed by atoms with E-state index in [0.29, 0.717) is 42.1 Å². The first-order valence-electron chi connectivity index (χ1n) is 42.2. The van der Waals surface area contributed by atoms with Crippen LogP contribution in [0.4, 0.5) is 0 Å². The number of aryl methyl sites for hydroxylation is 12. The van der Waals surface area contributed by atoms with Gasteiger partial charge in [0, 0.05) is 111 Å². The third-order valence-electron chi connectivity index (χ3n) is 22.1. The second kappa shape index (κ2) is 39.3. The number of thiophene rings is 5. The fourth-order valence-electron chi connectivity index (χ4n) is 17.3. The molecule has 7 heterocycles. The Kier molecular flexibility index (Phi) is 31.7. The second-order valence-electron chi connectivity index (χ2n) is 38.0. The SMILES string of the molecule is Cc1ccc(-c2c(C)sc(C)c2C(OC(C)(C)C)C(=O)O)cc1.Cc1sc(C)c(C(OC(C)(C)C)C(=O)O)c1-c1cnc2c(c1)CCCO2.Cc1sc(C)c(C(OC(C)(C)C)C(=O)O)c1C1=CC2C=CC1CC2.Cc1sc(C)c(C(OC(C)(C)C)C(=O)O)c1C1=CC2CCC1CC2.Cc1sc(C)c(C(OC(C)(C)C)C(=O)O)c1C1=CCC(C)CC1. The zero-order valence-corrected chi connectivity index (χ0v) is 79.9. The smallest absolute Gasteiger partial charge is 0.337 e. The number of carboxylic acid groups (broad SMARTS) is 5. The predicted octanol–water partition coefficient (Wildman–Crippen LogP) is 26.3. The molecule has 1 aromatic carbocycles. The Morgan fingerprint density at radius 2 is 0.800 bits per heavy atom. The Morgan fingerprint density at radius 1 is 0.425 bits per heavy atom. The number of ether oxygens (including phenoxy) is 6. The van der Waals surface area contributed by atoms with Crippen molar-refractivity contribution >= 4 is 103 Å². The van der Waals surface area contributed by atoms with Crippen LogP contribution in [-0.4, -0.2) is 95.0 Å². The van der Waals surface area contributed by atoms with Gasteiger partial charge >= 0.3 is 29.8 Å². The first-order valence-corrected chi connectivity index (χ1v) is 46.3. The molecular weight excluding hydrogens is 1610 g/mol. The maximum atomic E-state index is 12.0. The van der Waals surface area contributed by atoms with E-state index in [4.69, 9.17) is 28.4 Å². The molecule has 0 amide bonds. The molecule has 1 aliphatic heterocycles. The number of hydrogen-bond acceptors (Lipinski definition) is 17. The van der Waals surface area contributed by atoms with Gasteiger partial charge < -0.3 is 54.0 Å². The molecule has 5 N–H and O–H groups in total. The molecule has 0 saturated heterocycles. The van der Waals surface area contributed by atoms with Gasteiger partial charge in [-0.15, -0.1) is 56.7 Å². The number of pyridine rings is 1. The van der Waals surface area contributed by atoms with E-state index in [2.05, 4.69) is 69.1 Å². The molecule has 15 rings (SSSR count). The molecule has 8 atom stereocenters. The summed E-state index contributed by atoms with van der Waals surface area (Å²) < 4.78 is 35.2. The topological polar surface area (TPSA) is 255 Å². The van der Waals surface area contributed by atoms with Crippen LogP contribution in [0.2, 0.25) is 0 Å². The fourth-order valence-corrected chi connectivity index (χ4v) is 22.8. The Morgan fingerprint density at radius 3 is 1.14 bits per heavy atom. The van der Waals surface area contributed by atoms with Crippen LogP contribution in [0.1, 0.15) is 310 Å². The minimum atomic E-state index is -1.01. The number of carboxylic acids is 5. The van der Waals surface area contributed by atoms with Crippen molar-refractivity contribution in [2.24, 2.45) is 29.6 Å². The van der Waals surface area contributed by atoms with Crippen LogP contribution < -0.4 is 4.74 Å². The van der Waals surface area contributed by atoms with Crippen molar-refractivity contribution in [2.45, 2.75) is 316 Å². The molecule has 8 aliphatic rings. The summed E-state index contributed by atoms with van der Waals surface area (Å²) in [4.78, 5) is 75.1. The van der Waals surface area contributed by atoms with Crippen molar-refractivity contribution in [1.29, 1.82) is 0 Å². The lowest BCUT2D eigenvalue weighted by Gasteiger charge is -2.36. The Bertz CT molecular complexity index is 4890. The Balaban J connectivity index is 0.000000171. The van der Waals surface area contributed by atoms with Gasteiger partial charge in [-0.1, -0.05) is 67.1 Å². The molecule has 120 heavy (non-hydrogen) atoms. The number of benzene rings is 1. The summed E-state index contributed by atoms with van der Waals surface area (Å²) >= 11 is 8.28. The van der Waals surface area contributed by atoms with Crippen LogP contribution >= 0.6 is 56.7 Å². The molecule has 1 fully saturated rings. The van der Waals surface area contributed by atoms with E-state index in [0.717, 1.165) is 139 Å². The number of allylic oxidation sites excluding steroid dienone is 8. The normalized spacial score (nSPS) is 19.5. The quantitative estimate of drug-likeness (QED) is 0.0445. The van der Waals surface area contributed by atoms with Crippen molar-refractivity contribution in [1.82, 2.24) is 4.98 Å². The summed E-state index contributed by atoms with van der Waals surface area (Å²) in [7, 11) is 0. The van der Waals surface area contributed by atoms with E-state index in [-0.39, 0.29) is 0 Å². The van der Waals surface area contributed by atoms with Gasteiger partial charge in [0.15, 0.2) is 30.5 Å². The highest BCUT2D eigenvalue weighted by molar-refractivity contribution is 7.13. The second-order valence-corrected chi connectivity index (χ2v) is 45.1. The summed E-state index contributed by atoms with van der Waals surface area (Å²) in [6.07, 6.45) is 21.2. The summed E-state index contributed by atoms with van der Waals surface area (Å²) in [5, 5.41) is 49.0. The third-order valence-corrected chi connectivity index (χ3v) is 27.3. The van der Waals surface area contributed by atoms with Crippen LogP contribution in [0.5, 0.6) is 5.88 Å². The molecule has 7 aromatic rings. The predicted molar refractivity (Wildman–Crippen MR) is 490 cm³/mol. The van der Waals surface area contributed by atoms with Crippen molar-refractivity contribution in [3.63, 3.8) is 0 Å². The average Bonchev–Trinajstić information content (AvgIpc) is 1.43. The van der Waals surface area contributed by atoms with Gasteiger partial charge in [0.1, 0.15) is 0 Å². The van der Waals surface area contributed by atoms with Gasteiger partial charge in [-0.2, -0.15) is 0 Å². The highest BCUT2D eigenvalue weighted by Crippen LogP contribution is 2.53. The van der Waals surface area contributed by atoms with Crippen molar-refractivity contribution in [3.8, 4) is 28.1 Å². The molecule has 4 bridgehead atoms. The molecule has 22 heteroatoms. The van der Waals surface area contributed by atoms with Crippen LogP contribution in [0, 0.1) is 106 Å². The van der Waals surface area contributed by atoms with Crippen LogP contribution in [0.15, 0.2) is 66.9 Å². The molecule has 8 unspecified atom stereocenters. The Labute approximate surface area is 732 Å². The molecule has 17 nitrogen and oxygen atoms in total. The molecule has 0 radical (unpaired) electrons. The van der Waals surface area contributed by atoms with E-state index >= 15 is 0 Å². The maximum absolute atomic E-state index is 12.0. The van der Waals surface area contributed by atoms with E-state index < -0.39 is 88.4 Å². The van der Waals surface area contributed by atoms with E-state index in [1.807, 2.05) is 184 Å². The van der Waals surface area contributed by atoms with Gasteiger partial charge in [0.05, 0.1) is 34.6 Å². The number of nitrogens with zero attached hydrogens (tertiary/aromatic N) is 1. The van der Waals surface area contributed by atoms with Gasteiger partial charge in [0.25, 0.3) is 0 Å². The summed E-state index contributed by atoms with van der Waals surface area (Å²) in [5.74, 6) is -1.09. The number of hydrogen-bond donors (Lipinski definition) is 5. The number of fused-ring (bicyclic) bond motifs is 4. The molecule has 0 spiro atoms. The summed E-state index contributed by atoms with van der Waals surface area (Å²) in [6, 6.07) is 10.3. The summed E-state index contributed by atoms with van der Waals surface area (Å²) in [5.41, 5.74) is 15.0. The number of rotatable bonds is 20. The standard InChI is InChI=1S/C20H25NO4S.C20H28O3S.C20H26O3S.C19H28O3S.C19H24O3S/c1-11-15(14-9-13-7-6-8-24-18(13)21-10-14)16(12(2)26-11)17(19(22)23)25-20(3,4)5;2*1-11-16(15-10-13-6-8-14(15)9-7-13)17(12(2)24-11)18(19(21)22)23-20(3,4)5;2*1-11-7-9-14(10-8-11)15-12(2)23-13(3)16(15)17(18(20)21)22-19(4,5)6/h9-10,17H,6-8H2,1-5H3,(H,22,23);10,13-14,18H,6-9H2,1-5H3,(H,21,22);6,8,10,13-14,18H,7,9H2,1-5H3,(H,21,22);9,11,17H,7-8,10H2,1-6H3,(H,20,21);7-10,17H,1-6H3,(H,20,21).